The third-order valence-corrected chi connectivity index (χ3v) is 6.01. The average molecular weight is 412 g/mol. The molecule has 2 heterocycles. The number of amides is 1. The minimum Gasteiger partial charge on any atom is -0.490 e. The molecular formula is C24H30FN3O2. The van der Waals surface area contributed by atoms with Crippen molar-refractivity contribution >= 4 is 11.6 Å². The Morgan fingerprint density at radius 2 is 1.73 bits per heavy atom. The zero-order valence-corrected chi connectivity index (χ0v) is 17.6. The summed E-state index contributed by atoms with van der Waals surface area (Å²) >= 11 is 0. The normalized spacial score (nSPS) is 18.5. The molecule has 2 aliphatic rings. The van der Waals surface area contributed by atoms with Crippen LogP contribution < -0.4 is 9.64 Å². The predicted octanol–water partition coefficient (Wildman–Crippen LogP) is 3.33. The van der Waals surface area contributed by atoms with E-state index in [0.29, 0.717) is 12.2 Å². The summed E-state index contributed by atoms with van der Waals surface area (Å²) in [6.45, 7) is 7.00. The fraction of sp³-hybridized carbons (Fsp3) is 0.458. The quantitative estimate of drug-likeness (QED) is 0.756. The van der Waals surface area contributed by atoms with Gasteiger partial charge in [-0.1, -0.05) is 24.3 Å². The largest absolute Gasteiger partial charge is 0.490 e. The Morgan fingerprint density at radius 1 is 1.00 bits per heavy atom. The maximum absolute atomic E-state index is 14.0. The number of likely N-dealkylation sites (tertiary alicyclic amines) is 1. The van der Waals surface area contributed by atoms with Gasteiger partial charge >= 0.3 is 0 Å². The summed E-state index contributed by atoms with van der Waals surface area (Å²) in [5.41, 5.74) is 1.84. The molecule has 2 saturated heterocycles. The van der Waals surface area contributed by atoms with Crippen LogP contribution in [0.5, 0.6) is 5.75 Å². The molecule has 0 saturated carbocycles. The van der Waals surface area contributed by atoms with Crippen molar-refractivity contribution in [2.75, 3.05) is 50.7 Å². The molecule has 0 aliphatic carbocycles. The van der Waals surface area contributed by atoms with Gasteiger partial charge in [0, 0.05) is 52.1 Å². The van der Waals surface area contributed by atoms with Crippen molar-refractivity contribution < 1.29 is 13.9 Å². The van der Waals surface area contributed by atoms with Crippen molar-refractivity contribution in [1.82, 2.24) is 9.80 Å². The van der Waals surface area contributed by atoms with Gasteiger partial charge in [0.25, 0.3) is 0 Å². The van der Waals surface area contributed by atoms with E-state index >= 15 is 0 Å². The summed E-state index contributed by atoms with van der Waals surface area (Å²) in [4.78, 5) is 18.9. The number of carbonyl (C=O) groups excluding carboxylic acids is 1. The molecule has 0 unspecified atom stereocenters. The monoisotopic (exact) mass is 411 g/mol. The summed E-state index contributed by atoms with van der Waals surface area (Å²) in [6, 6.07) is 15.0. The number of nitrogens with zero attached hydrogens (tertiary/aromatic N) is 3. The highest BCUT2D eigenvalue weighted by molar-refractivity contribution is 5.78. The molecule has 6 heteroatoms. The van der Waals surface area contributed by atoms with Gasteiger partial charge in [0.05, 0.1) is 12.2 Å². The lowest BCUT2D eigenvalue weighted by molar-refractivity contribution is -0.134. The molecule has 4 rings (SSSR count). The standard InChI is InChI=1S/C24H30FN3O2/c1-19-5-4-6-21(17-19)30-20-9-11-28(12-10-20)24(29)18-26-13-15-27(16-14-26)23-8-3-2-7-22(23)25/h2-8,17,20H,9-16,18H2,1H3. The number of piperazine rings is 1. The lowest BCUT2D eigenvalue weighted by atomic mass is 10.1. The fourth-order valence-corrected chi connectivity index (χ4v) is 4.25. The molecule has 160 valence electrons. The van der Waals surface area contributed by atoms with Crippen LogP contribution in [0, 0.1) is 12.7 Å². The molecular weight excluding hydrogens is 381 g/mol. The van der Waals surface area contributed by atoms with Gasteiger partial charge in [-0.15, -0.1) is 0 Å². The van der Waals surface area contributed by atoms with E-state index in [4.69, 9.17) is 4.74 Å². The van der Waals surface area contributed by atoms with Gasteiger partial charge in [-0.2, -0.15) is 0 Å². The summed E-state index contributed by atoms with van der Waals surface area (Å²) < 4.78 is 20.1. The van der Waals surface area contributed by atoms with Crippen molar-refractivity contribution in [1.29, 1.82) is 0 Å². The van der Waals surface area contributed by atoms with Gasteiger partial charge in [0.1, 0.15) is 17.7 Å². The van der Waals surface area contributed by atoms with Gasteiger partial charge in [-0.05, 0) is 36.8 Å². The maximum atomic E-state index is 14.0. The number of aryl methyl sites for hydroxylation is 1. The summed E-state index contributed by atoms with van der Waals surface area (Å²) in [5.74, 6) is 0.911. The first-order chi connectivity index (χ1) is 14.6. The van der Waals surface area contributed by atoms with Crippen LogP contribution in [0.2, 0.25) is 0 Å². The molecule has 2 aliphatic heterocycles. The Labute approximate surface area is 178 Å². The molecule has 0 N–H and O–H groups in total. The van der Waals surface area contributed by atoms with Gasteiger partial charge in [-0.3, -0.25) is 9.69 Å². The predicted molar refractivity (Wildman–Crippen MR) is 116 cm³/mol. The van der Waals surface area contributed by atoms with Crippen LogP contribution in [0.1, 0.15) is 18.4 Å². The third kappa shape index (κ3) is 5.11. The Morgan fingerprint density at radius 3 is 2.43 bits per heavy atom. The molecule has 2 aromatic carbocycles. The number of piperidine rings is 1. The lowest BCUT2D eigenvalue weighted by Crippen LogP contribution is -2.51. The first kappa shape index (κ1) is 20.7. The minimum absolute atomic E-state index is 0.167. The number of para-hydroxylation sites is 1. The summed E-state index contributed by atoms with van der Waals surface area (Å²) in [5, 5.41) is 0. The van der Waals surface area contributed by atoms with E-state index in [-0.39, 0.29) is 17.8 Å². The van der Waals surface area contributed by atoms with Crippen LogP contribution in [-0.4, -0.2) is 67.6 Å². The van der Waals surface area contributed by atoms with E-state index < -0.39 is 0 Å². The zero-order valence-electron chi connectivity index (χ0n) is 17.6. The SMILES string of the molecule is Cc1cccc(OC2CCN(C(=O)CN3CCN(c4ccccc4F)CC3)CC2)c1. The van der Waals surface area contributed by atoms with Crippen molar-refractivity contribution in [2.45, 2.75) is 25.9 Å². The lowest BCUT2D eigenvalue weighted by Gasteiger charge is -2.38. The van der Waals surface area contributed by atoms with E-state index in [0.717, 1.165) is 57.9 Å². The zero-order chi connectivity index (χ0) is 20.9. The highest BCUT2D eigenvalue weighted by Crippen LogP contribution is 2.22. The average Bonchev–Trinajstić information content (AvgIpc) is 2.75. The molecule has 0 atom stereocenters. The number of hydrogen-bond donors (Lipinski definition) is 0. The number of benzene rings is 2. The topological polar surface area (TPSA) is 36.0 Å². The molecule has 5 nitrogen and oxygen atoms in total. The van der Waals surface area contributed by atoms with Crippen LogP contribution in [0.4, 0.5) is 10.1 Å². The summed E-state index contributed by atoms with van der Waals surface area (Å²) in [6.07, 6.45) is 1.89. The molecule has 2 aromatic rings. The fourth-order valence-electron chi connectivity index (χ4n) is 4.25. The molecule has 30 heavy (non-hydrogen) atoms. The number of carbonyl (C=O) groups is 1. The van der Waals surface area contributed by atoms with Crippen LogP contribution in [0.3, 0.4) is 0 Å². The Balaban J connectivity index is 1.20. The second-order valence-electron chi connectivity index (χ2n) is 8.23. The number of anilines is 1. The number of hydrogen-bond acceptors (Lipinski definition) is 4. The number of rotatable bonds is 5. The van der Waals surface area contributed by atoms with Crippen molar-refractivity contribution in [3.8, 4) is 5.75 Å². The Hall–Kier alpha value is -2.60. The number of halogens is 1. The van der Waals surface area contributed by atoms with E-state index in [1.165, 1.54) is 11.6 Å². The van der Waals surface area contributed by atoms with Crippen molar-refractivity contribution in [3.05, 3.63) is 59.9 Å². The van der Waals surface area contributed by atoms with Gasteiger partial charge in [0.15, 0.2) is 0 Å². The first-order valence-corrected chi connectivity index (χ1v) is 10.8. The molecule has 0 bridgehead atoms. The van der Waals surface area contributed by atoms with Gasteiger partial charge in [0.2, 0.25) is 5.91 Å². The highest BCUT2D eigenvalue weighted by Gasteiger charge is 2.27. The minimum atomic E-state index is -0.183. The van der Waals surface area contributed by atoms with Crippen molar-refractivity contribution in [3.63, 3.8) is 0 Å². The number of ether oxygens (including phenoxy) is 1. The van der Waals surface area contributed by atoms with E-state index in [2.05, 4.69) is 28.9 Å². The van der Waals surface area contributed by atoms with E-state index in [9.17, 15) is 9.18 Å². The van der Waals surface area contributed by atoms with Gasteiger partial charge < -0.3 is 14.5 Å². The molecule has 0 aromatic heterocycles. The van der Waals surface area contributed by atoms with Gasteiger partial charge in [-0.25, -0.2) is 4.39 Å². The van der Waals surface area contributed by atoms with Crippen LogP contribution in [0.25, 0.3) is 0 Å². The van der Waals surface area contributed by atoms with E-state index in [1.807, 2.05) is 29.2 Å². The molecule has 1 amide bonds. The molecule has 0 radical (unpaired) electrons. The third-order valence-electron chi connectivity index (χ3n) is 6.01. The van der Waals surface area contributed by atoms with Crippen LogP contribution in [-0.2, 0) is 4.79 Å². The second-order valence-corrected chi connectivity index (χ2v) is 8.23. The van der Waals surface area contributed by atoms with Crippen LogP contribution >= 0.6 is 0 Å². The van der Waals surface area contributed by atoms with Crippen molar-refractivity contribution in [2.24, 2.45) is 0 Å². The Kier molecular flexibility index (Phi) is 6.53. The van der Waals surface area contributed by atoms with E-state index in [1.54, 1.807) is 6.07 Å². The Bertz CT molecular complexity index is 859. The maximum Gasteiger partial charge on any atom is 0.236 e. The highest BCUT2D eigenvalue weighted by atomic mass is 19.1. The second kappa shape index (κ2) is 9.47. The first-order valence-electron chi connectivity index (χ1n) is 10.8. The summed E-state index contributed by atoms with van der Waals surface area (Å²) in [7, 11) is 0. The smallest absolute Gasteiger partial charge is 0.236 e. The molecule has 0 spiro atoms. The van der Waals surface area contributed by atoms with Crippen LogP contribution in [0.15, 0.2) is 48.5 Å². The molecule has 2 fully saturated rings.